The van der Waals surface area contributed by atoms with Crippen molar-refractivity contribution in [2.45, 2.75) is 6.92 Å². The minimum absolute atomic E-state index is 0.0600. The number of carbonyl (C=O) groups excluding carboxylic acids is 2. The van der Waals surface area contributed by atoms with Crippen molar-refractivity contribution in [3.63, 3.8) is 0 Å². The minimum Gasteiger partial charge on any atom is -0.504 e. The molecule has 0 heterocycles. The Labute approximate surface area is 126 Å². The van der Waals surface area contributed by atoms with Crippen LogP contribution < -0.4 is 14.2 Å². The molecule has 0 fully saturated rings. The van der Waals surface area contributed by atoms with E-state index >= 15 is 0 Å². The molecule has 0 aliphatic rings. The van der Waals surface area contributed by atoms with Gasteiger partial charge in [-0.05, 0) is 24.3 Å². The lowest BCUT2D eigenvalue weighted by molar-refractivity contribution is -0.137. The quantitative estimate of drug-likeness (QED) is 0.674. The summed E-state index contributed by atoms with van der Waals surface area (Å²) in [6, 6.07) is 12.4. The molecule has 0 spiro atoms. The first-order valence-electron chi connectivity index (χ1n) is 6.44. The molecule has 0 unspecified atom stereocenters. The summed E-state index contributed by atoms with van der Waals surface area (Å²) in [5.41, 5.74) is 0. The van der Waals surface area contributed by atoms with Crippen molar-refractivity contribution in [1.82, 2.24) is 0 Å². The number of aromatic hydroxyl groups is 1. The summed E-state index contributed by atoms with van der Waals surface area (Å²) in [6.07, 6.45) is 0. The predicted molar refractivity (Wildman–Crippen MR) is 77.0 cm³/mol. The average molecular weight is 302 g/mol. The van der Waals surface area contributed by atoms with Crippen LogP contribution >= 0.6 is 0 Å². The van der Waals surface area contributed by atoms with E-state index in [-0.39, 0.29) is 18.1 Å². The van der Waals surface area contributed by atoms with E-state index in [4.69, 9.17) is 14.2 Å². The number of ether oxygens (including phenoxy) is 3. The zero-order valence-electron chi connectivity index (χ0n) is 11.8. The molecule has 0 saturated heterocycles. The Morgan fingerprint density at radius 2 is 1.73 bits per heavy atom. The fourth-order valence-electron chi connectivity index (χ4n) is 1.63. The average Bonchev–Trinajstić information content (AvgIpc) is 2.47. The van der Waals surface area contributed by atoms with Crippen LogP contribution in [0.25, 0.3) is 0 Å². The van der Waals surface area contributed by atoms with Crippen molar-refractivity contribution in [3.05, 3.63) is 48.5 Å². The second kappa shape index (κ2) is 7.12. The third-order valence-electron chi connectivity index (χ3n) is 2.51. The van der Waals surface area contributed by atoms with Gasteiger partial charge in [-0.2, -0.15) is 0 Å². The van der Waals surface area contributed by atoms with Gasteiger partial charge in [-0.15, -0.1) is 0 Å². The molecule has 1 N–H and O–H groups in total. The molecular formula is C16H14O6. The largest absolute Gasteiger partial charge is 0.504 e. The Morgan fingerprint density at radius 1 is 1.00 bits per heavy atom. The second-order valence-corrected chi connectivity index (χ2v) is 4.30. The number of phenolic OH excluding ortho intramolecular Hbond substituents is 1. The van der Waals surface area contributed by atoms with Crippen molar-refractivity contribution in [2.24, 2.45) is 0 Å². The van der Waals surface area contributed by atoms with E-state index in [9.17, 15) is 14.7 Å². The first kappa shape index (κ1) is 15.4. The smallest absolute Gasteiger partial charge is 0.349 e. The van der Waals surface area contributed by atoms with Crippen molar-refractivity contribution < 1.29 is 28.9 Å². The summed E-state index contributed by atoms with van der Waals surface area (Å²) in [6.45, 7) is 0.940. The topological polar surface area (TPSA) is 82.1 Å². The molecule has 2 aromatic rings. The Bertz CT molecular complexity index is 680. The van der Waals surface area contributed by atoms with Crippen LogP contribution in [0.15, 0.2) is 48.5 Å². The van der Waals surface area contributed by atoms with Crippen LogP contribution in [0.5, 0.6) is 23.0 Å². The van der Waals surface area contributed by atoms with Crippen LogP contribution in [0.3, 0.4) is 0 Å². The van der Waals surface area contributed by atoms with Gasteiger partial charge in [0.15, 0.2) is 18.1 Å². The maximum atomic E-state index is 11.7. The summed E-state index contributed by atoms with van der Waals surface area (Å²) < 4.78 is 15.1. The predicted octanol–water partition coefficient (Wildman–Crippen LogP) is 2.30. The lowest BCUT2D eigenvalue weighted by atomic mass is 10.3. The molecular weight excluding hydrogens is 288 g/mol. The van der Waals surface area contributed by atoms with Gasteiger partial charge in [-0.25, -0.2) is 4.79 Å². The third kappa shape index (κ3) is 4.52. The zero-order chi connectivity index (χ0) is 15.9. The zero-order valence-corrected chi connectivity index (χ0v) is 11.8. The normalized spacial score (nSPS) is 9.86. The molecule has 6 heteroatoms. The van der Waals surface area contributed by atoms with E-state index in [0.29, 0.717) is 11.5 Å². The van der Waals surface area contributed by atoms with Crippen molar-refractivity contribution in [2.75, 3.05) is 6.61 Å². The summed E-state index contributed by atoms with van der Waals surface area (Å²) >= 11 is 0. The molecule has 114 valence electrons. The SMILES string of the molecule is CC(=O)Oc1cccc(OCC(=O)Oc2ccccc2O)c1. The molecule has 6 nitrogen and oxygen atoms in total. The van der Waals surface area contributed by atoms with Crippen molar-refractivity contribution in [1.29, 1.82) is 0 Å². The van der Waals surface area contributed by atoms with Gasteiger partial charge < -0.3 is 19.3 Å². The molecule has 0 bridgehead atoms. The number of hydrogen-bond donors (Lipinski definition) is 1. The van der Waals surface area contributed by atoms with E-state index in [1.54, 1.807) is 30.3 Å². The minimum atomic E-state index is -0.667. The molecule has 0 aliphatic carbocycles. The van der Waals surface area contributed by atoms with Gasteiger partial charge >= 0.3 is 11.9 Å². The molecule has 0 atom stereocenters. The number of para-hydroxylation sites is 2. The molecule has 2 rings (SSSR count). The summed E-state index contributed by atoms with van der Waals surface area (Å²) in [5, 5.41) is 9.50. The Balaban J connectivity index is 1.91. The third-order valence-corrected chi connectivity index (χ3v) is 2.51. The maximum Gasteiger partial charge on any atom is 0.349 e. The van der Waals surface area contributed by atoms with Crippen molar-refractivity contribution >= 4 is 11.9 Å². The summed E-state index contributed by atoms with van der Waals surface area (Å²) in [5.74, 6) is -0.514. The highest BCUT2D eigenvalue weighted by molar-refractivity contribution is 5.74. The van der Waals surface area contributed by atoms with Gasteiger partial charge in [0.05, 0.1) is 0 Å². The highest BCUT2D eigenvalue weighted by atomic mass is 16.6. The monoisotopic (exact) mass is 302 g/mol. The number of carbonyl (C=O) groups is 2. The highest BCUT2D eigenvalue weighted by Crippen LogP contribution is 2.24. The number of rotatable bonds is 5. The number of phenols is 1. The molecule has 2 aromatic carbocycles. The molecule has 0 aliphatic heterocycles. The summed E-state index contributed by atoms with van der Waals surface area (Å²) in [7, 11) is 0. The van der Waals surface area contributed by atoms with Crippen LogP contribution in [0, 0.1) is 0 Å². The molecule has 0 saturated carbocycles. The Kier molecular flexibility index (Phi) is 4.98. The van der Waals surface area contributed by atoms with Crippen molar-refractivity contribution in [3.8, 4) is 23.0 Å². The molecule has 22 heavy (non-hydrogen) atoms. The molecule has 0 amide bonds. The van der Waals surface area contributed by atoms with E-state index in [1.165, 1.54) is 25.1 Å². The first-order valence-corrected chi connectivity index (χ1v) is 6.44. The van der Waals surface area contributed by atoms with E-state index in [2.05, 4.69) is 0 Å². The second-order valence-electron chi connectivity index (χ2n) is 4.30. The van der Waals surface area contributed by atoms with Crippen LogP contribution in [0.1, 0.15) is 6.92 Å². The van der Waals surface area contributed by atoms with Crippen LogP contribution in [-0.2, 0) is 9.59 Å². The van der Waals surface area contributed by atoms with Crippen LogP contribution in [-0.4, -0.2) is 23.7 Å². The van der Waals surface area contributed by atoms with Gasteiger partial charge in [0.2, 0.25) is 0 Å². The van der Waals surface area contributed by atoms with Gasteiger partial charge in [0, 0.05) is 13.0 Å². The first-order chi connectivity index (χ1) is 10.5. The fraction of sp³-hybridized carbons (Fsp3) is 0.125. The van der Waals surface area contributed by atoms with E-state index in [0.717, 1.165) is 0 Å². The Hall–Kier alpha value is -3.02. The fourth-order valence-corrected chi connectivity index (χ4v) is 1.63. The Morgan fingerprint density at radius 3 is 2.45 bits per heavy atom. The van der Waals surface area contributed by atoms with Gasteiger partial charge in [-0.1, -0.05) is 18.2 Å². The molecule has 0 aromatic heterocycles. The van der Waals surface area contributed by atoms with Crippen LogP contribution in [0.2, 0.25) is 0 Å². The molecule has 0 radical (unpaired) electrons. The van der Waals surface area contributed by atoms with Gasteiger partial charge in [-0.3, -0.25) is 4.79 Å². The van der Waals surface area contributed by atoms with Crippen LogP contribution in [0.4, 0.5) is 0 Å². The number of esters is 2. The number of hydrogen-bond acceptors (Lipinski definition) is 6. The van der Waals surface area contributed by atoms with E-state index in [1.807, 2.05) is 0 Å². The summed E-state index contributed by atoms with van der Waals surface area (Å²) in [4.78, 5) is 22.5. The van der Waals surface area contributed by atoms with Gasteiger partial charge in [0.25, 0.3) is 0 Å². The van der Waals surface area contributed by atoms with E-state index < -0.39 is 11.9 Å². The maximum absolute atomic E-state index is 11.7. The lowest BCUT2D eigenvalue weighted by Gasteiger charge is -2.08. The standard InChI is InChI=1S/C16H14O6/c1-11(17)21-13-6-4-5-12(9-13)20-10-16(19)22-15-8-3-2-7-14(15)18/h2-9,18H,10H2,1H3. The van der Waals surface area contributed by atoms with Gasteiger partial charge in [0.1, 0.15) is 11.5 Å². The number of benzene rings is 2. The lowest BCUT2D eigenvalue weighted by Crippen LogP contribution is -2.17. The highest BCUT2D eigenvalue weighted by Gasteiger charge is 2.09.